The van der Waals surface area contributed by atoms with Crippen molar-refractivity contribution in [1.82, 2.24) is 24.6 Å². The van der Waals surface area contributed by atoms with Crippen LogP contribution in [-0.2, 0) is 18.6 Å². The van der Waals surface area contributed by atoms with Crippen LogP contribution < -0.4 is 5.32 Å². The van der Waals surface area contributed by atoms with Gasteiger partial charge in [0, 0.05) is 24.7 Å². The van der Waals surface area contributed by atoms with Crippen molar-refractivity contribution in [2.75, 3.05) is 44.3 Å². The van der Waals surface area contributed by atoms with Gasteiger partial charge in [-0.25, -0.2) is 4.68 Å². The fraction of sp³-hybridized carbons (Fsp3) is 0.600. The molecule has 2 atom stereocenters. The number of aromatic nitrogens is 4. The van der Waals surface area contributed by atoms with Gasteiger partial charge >= 0.3 is 0 Å². The maximum absolute atomic E-state index is 13.2. The Kier molecular flexibility index (Phi) is 16.4. The Labute approximate surface area is 277 Å². The Hall–Kier alpha value is -2.15. The van der Waals surface area contributed by atoms with E-state index in [1.54, 1.807) is 23.0 Å². The van der Waals surface area contributed by atoms with Gasteiger partial charge in [0.2, 0.25) is 11.2 Å². The number of anilines is 1. The molecule has 2 aromatic rings. The third-order valence-corrected chi connectivity index (χ3v) is 8.10. The monoisotopic (exact) mass is 688 g/mol. The number of amides is 1. The van der Waals surface area contributed by atoms with Gasteiger partial charge in [0.05, 0.1) is 37.1 Å². The zero-order chi connectivity index (χ0) is 33.7. The van der Waals surface area contributed by atoms with Gasteiger partial charge in [-0.15, -0.1) is 0 Å². The van der Waals surface area contributed by atoms with Crippen LogP contribution in [0.25, 0.3) is 11.0 Å². The van der Waals surface area contributed by atoms with E-state index in [9.17, 15) is 4.79 Å². The third-order valence-electron chi connectivity index (χ3n) is 6.07. The van der Waals surface area contributed by atoms with E-state index in [0.717, 1.165) is 18.4 Å². The normalized spacial score (nSPS) is 17.0. The highest BCUT2D eigenvalue weighted by molar-refractivity contribution is 7.48. The predicted molar refractivity (Wildman–Crippen MR) is 180 cm³/mol. The minimum atomic E-state index is -1.50. The number of allylic oxidation sites excluding steroid dienone is 2. The summed E-state index contributed by atoms with van der Waals surface area (Å²) in [7, 11) is -1.25. The zero-order valence-electron chi connectivity index (χ0n) is 27.0. The van der Waals surface area contributed by atoms with Crippen molar-refractivity contribution in [3.63, 3.8) is 0 Å². The maximum Gasteiger partial charge on any atom is 0.231 e. The summed E-state index contributed by atoms with van der Waals surface area (Å²) in [6.07, 6.45) is 6.35. The Morgan fingerprint density at radius 1 is 1.29 bits per heavy atom. The molecule has 3 N–H and O–H groups in total. The lowest BCUT2D eigenvalue weighted by Crippen LogP contribution is -2.41. The topological polar surface area (TPSA) is 144 Å². The van der Waals surface area contributed by atoms with Crippen molar-refractivity contribution >= 4 is 54.3 Å². The molecule has 12 nitrogen and oxygen atoms in total. The van der Waals surface area contributed by atoms with E-state index in [0.29, 0.717) is 60.6 Å². The van der Waals surface area contributed by atoms with Gasteiger partial charge < -0.3 is 34.2 Å². The van der Waals surface area contributed by atoms with Gasteiger partial charge in [-0.2, -0.15) is 15.1 Å². The first-order valence-corrected chi connectivity index (χ1v) is 17.0. The number of nitrogens with one attached hydrogen (secondary N) is 1. The van der Waals surface area contributed by atoms with Crippen LogP contribution in [-0.4, -0.2) is 91.7 Å². The van der Waals surface area contributed by atoms with Crippen LogP contribution in [0.1, 0.15) is 60.6 Å². The standard InChI is InChI=1S/C27H39Cl2N6O4P.C3H8O2/c1-7-10-20(19(6)28)13-30-25-22-14-31-35(26(22)33-27(29)32-25)24-12-11-21(39-24)16-34(15-18(4)5)23(36)17-40(37-8-2)38-9-3;1-3(2,4)5/h7,10,14,18,21,24H,1,6,8-9,11-13,15-17H2,2-5H3,(H,30,32,33);4-5H,1-2H3/b20-10-;. The SMILES string of the molecule is C=C/C=C(/CNc1nc(Cl)nc2c1cnn2C1CCC(CN(CC(C)C)C(=O)CP(OCC)OCC)O1)C(=C)Cl.CC(C)(O)O. The number of hydrogen-bond acceptors (Lipinski definition) is 10. The van der Waals surface area contributed by atoms with Gasteiger partial charge in [0.25, 0.3) is 0 Å². The molecule has 0 aromatic carbocycles. The summed E-state index contributed by atoms with van der Waals surface area (Å²) in [5.74, 6) is -0.653. The lowest BCUT2D eigenvalue weighted by Gasteiger charge is -2.28. The van der Waals surface area contributed by atoms with E-state index in [1.165, 1.54) is 13.8 Å². The second-order valence-corrected chi connectivity index (χ2v) is 13.4. The summed E-state index contributed by atoms with van der Waals surface area (Å²) in [6.45, 7) is 20.6. The molecule has 0 spiro atoms. The van der Waals surface area contributed by atoms with Crippen molar-refractivity contribution in [1.29, 1.82) is 0 Å². The zero-order valence-corrected chi connectivity index (χ0v) is 29.4. The van der Waals surface area contributed by atoms with E-state index >= 15 is 0 Å². The molecular formula is C30H47Cl2N6O6P. The summed E-state index contributed by atoms with van der Waals surface area (Å²) in [4.78, 5) is 23.9. The van der Waals surface area contributed by atoms with Gasteiger partial charge in [-0.05, 0) is 63.6 Å². The molecule has 0 aliphatic carbocycles. The number of halogens is 2. The molecule has 0 saturated carbocycles. The fourth-order valence-electron chi connectivity index (χ4n) is 4.40. The summed E-state index contributed by atoms with van der Waals surface area (Å²) >= 11 is 12.4. The Morgan fingerprint density at radius 3 is 2.49 bits per heavy atom. The number of rotatable bonds is 16. The average molecular weight is 690 g/mol. The van der Waals surface area contributed by atoms with Crippen LogP contribution in [0.15, 0.2) is 42.1 Å². The van der Waals surface area contributed by atoms with Crippen LogP contribution >= 0.6 is 31.6 Å². The fourth-order valence-corrected chi connectivity index (χ4v) is 5.95. The highest BCUT2D eigenvalue weighted by Crippen LogP contribution is 2.38. The molecule has 1 aliphatic rings. The quantitative estimate of drug-likeness (QED) is 0.0830. The average Bonchev–Trinajstić information content (AvgIpc) is 3.56. The second-order valence-electron chi connectivity index (χ2n) is 11.2. The molecule has 1 aliphatic heterocycles. The first-order chi connectivity index (χ1) is 21.2. The molecule has 1 amide bonds. The van der Waals surface area contributed by atoms with E-state index in [2.05, 4.69) is 47.4 Å². The summed E-state index contributed by atoms with van der Waals surface area (Å²) < 4.78 is 19.5. The molecule has 0 radical (unpaired) electrons. The van der Waals surface area contributed by atoms with Crippen molar-refractivity contribution < 1.29 is 28.8 Å². The number of carbonyl (C=O) groups excluding carboxylic acids is 1. The molecule has 3 heterocycles. The van der Waals surface area contributed by atoms with Crippen molar-refractivity contribution in [2.24, 2.45) is 5.92 Å². The van der Waals surface area contributed by atoms with Crippen LogP contribution in [0.2, 0.25) is 5.28 Å². The number of nitrogens with zero attached hydrogens (tertiary/aromatic N) is 5. The number of aliphatic hydroxyl groups is 2. The van der Waals surface area contributed by atoms with Gasteiger partial charge in [0.1, 0.15) is 5.82 Å². The number of fused-ring (bicyclic) bond motifs is 1. The second kappa shape index (κ2) is 18.9. The van der Waals surface area contributed by atoms with Crippen LogP contribution in [0.3, 0.4) is 0 Å². The molecule has 45 heavy (non-hydrogen) atoms. The smallest absolute Gasteiger partial charge is 0.231 e. The predicted octanol–water partition coefficient (Wildman–Crippen LogP) is 6.01. The summed E-state index contributed by atoms with van der Waals surface area (Å²) in [6, 6.07) is 0. The highest BCUT2D eigenvalue weighted by atomic mass is 35.5. The lowest BCUT2D eigenvalue weighted by atomic mass is 10.1. The number of carbonyl (C=O) groups is 1. The molecule has 0 bridgehead atoms. The molecule has 1 fully saturated rings. The molecule has 2 unspecified atom stereocenters. The van der Waals surface area contributed by atoms with Gasteiger partial charge in [0.15, 0.2) is 26.0 Å². The molecule has 2 aromatic heterocycles. The van der Waals surface area contributed by atoms with Crippen LogP contribution in [0.5, 0.6) is 0 Å². The first-order valence-electron chi connectivity index (χ1n) is 14.9. The van der Waals surface area contributed by atoms with Crippen molar-refractivity contribution in [2.45, 2.75) is 72.5 Å². The molecule has 252 valence electrons. The third kappa shape index (κ3) is 13.6. The molecule has 3 rings (SSSR count). The summed E-state index contributed by atoms with van der Waals surface area (Å²) in [5, 5.41) is 25.1. The Balaban J connectivity index is 0.00000130. The van der Waals surface area contributed by atoms with Gasteiger partial charge in [-0.1, -0.05) is 50.8 Å². The van der Waals surface area contributed by atoms with E-state index < -0.39 is 14.2 Å². The van der Waals surface area contributed by atoms with Gasteiger partial charge in [-0.3, -0.25) is 4.79 Å². The molecule has 15 heteroatoms. The van der Waals surface area contributed by atoms with Crippen LogP contribution in [0, 0.1) is 5.92 Å². The minimum absolute atomic E-state index is 0.0121. The molecule has 1 saturated heterocycles. The number of hydrogen-bond donors (Lipinski definition) is 3. The largest absolute Gasteiger partial charge is 0.366 e. The van der Waals surface area contributed by atoms with Crippen molar-refractivity contribution in [3.05, 3.63) is 47.4 Å². The van der Waals surface area contributed by atoms with E-state index in [4.69, 9.17) is 47.2 Å². The molecular weight excluding hydrogens is 642 g/mol. The van der Waals surface area contributed by atoms with Crippen LogP contribution in [0.4, 0.5) is 5.82 Å². The first kappa shape index (κ1) is 39.0. The summed E-state index contributed by atoms with van der Waals surface area (Å²) in [5.41, 5.74) is 1.32. The Morgan fingerprint density at radius 2 is 1.93 bits per heavy atom. The van der Waals surface area contributed by atoms with E-state index in [-0.39, 0.29) is 29.7 Å². The minimum Gasteiger partial charge on any atom is -0.366 e. The maximum atomic E-state index is 13.2. The van der Waals surface area contributed by atoms with Crippen molar-refractivity contribution in [3.8, 4) is 0 Å². The lowest BCUT2D eigenvalue weighted by molar-refractivity contribution is -0.131. The highest BCUT2D eigenvalue weighted by Gasteiger charge is 2.32. The number of ether oxygens (including phenoxy) is 1. The Bertz CT molecular complexity index is 1290. The van der Waals surface area contributed by atoms with E-state index in [1.807, 2.05) is 18.7 Å².